The van der Waals surface area contributed by atoms with Gasteiger partial charge in [0, 0.05) is 5.02 Å². The lowest BCUT2D eigenvalue weighted by atomic mass is 10.2. The third-order valence-corrected chi connectivity index (χ3v) is 3.05. The Labute approximate surface area is 136 Å². The molecule has 3 nitrogen and oxygen atoms in total. The molecule has 0 saturated heterocycles. The molecule has 5 heteroatoms. The Morgan fingerprint density at radius 1 is 1.10 bits per heavy atom. The third kappa shape index (κ3) is 5.31. The zero-order valence-corrected chi connectivity index (χ0v) is 13.1. The number of nitrogens with zero attached hydrogens (tertiary/aromatic N) is 1. The van der Waals surface area contributed by atoms with Crippen LogP contribution >= 0.6 is 24.0 Å². The number of nitrogens with two attached hydrogens (primary N) is 1. The topological polar surface area (TPSA) is 38.5 Å². The van der Waals surface area contributed by atoms with E-state index in [1.807, 2.05) is 48.5 Å². The van der Waals surface area contributed by atoms with Crippen molar-refractivity contribution in [2.75, 3.05) is 11.6 Å². The average molecular weight is 325 g/mol. The number of hydrogen-bond acceptors (Lipinski definition) is 3. The molecule has 2 aromatic rings. The van der Waals surface area contributed by atoms with Crippen LogP contribution in [0.5, 0.6) is 5.75 Å². The fraction of sp³-hybridized carbons (Fsp3) is 0.125. The number of benzene rings is 2. The van der Waals surface area contributed by atoms with Gasteiger partial charge in [0.25, 0.3) is 0 Å². The number of hydrogen-bond donors (Lipinski definition) is 1. The van der Waals surface area contributed by atoms with E-state index in [1.165, 1.54) is 0 Å². The highest BCUT2D eigenvalue weighted by Gasteiger charge is 2.03. The van der Waals surface area contributed by atoms with Crippen LogP contribution in [-0.4, -0.2) is 6.61 Å². The summed E-state index contributed by atoms with van der Waals surface area (Å²) in [5.74, 6) is 6.86. The second kappa shape index (κ2) is 8.57. The van der Waals surface area contributed by atoms with Gasteiger partial charge in [-0.05, 0) is 42.0 Å². The van der Waals surface area contributed by atoms with Crippen LogP contribution in [0.1, 0.15) is 5.56 Å². The zero-order valence-electron chi connectivity index (χ0n) is 11.5. The van der Waals surface area contributed by atoms with E-state index in [1.54, 1.807) is 11.1 Å². The first kappa shape index (κ1) is 17.4. The van der Waals surface area contributed by atoms with Gasteiger partial charge in [-0.3, -0.25) is 0 Å². The Hall–Kier alpha value is -1.68. The molecule has 0 bridgehead atoms. The average Bonchev–Trinajstić information content (AvgIpc) is 2.48. The van der Waals surface area contributed by atoms with Crippen molar-refractivity contribution in [1.29, 1.82) is 0 Å². The summed E-state index contributed by atoms with van der Waals surface area (Å²) in [5.41, 5.74) is 2.02. The Morgan fingerprint density at radius 2 is 1.71 bits per heavy atom. The molecule has 0 aliphatic heterocycles. The Kier molecular flexibility index (Phi) is 7.09. The summed E-state index contributed by atoms with van der Waals surface area (Å²) in [6, 6.07) is 15.3. The monoisotopic (exact) mass is 324 g/mol. The van der Waals surface area contributed by atoms with Crippen molar-refractivity contribution in [3.63, 3.8) is 0 Å². The van der Waals surface area contributed by atoms with Gasteiger partial charge in [0.05, 0.1) is 12.2 Å². The molecule has 0 aromatic heterocycles. The maximum absolute atomic E-state index is 6.06. The van der Waals surface area contributed by atoms with Gasteiger partial charge in [0.15, 0.2) is 0 Å². The van der Waals surface area contributed by atoms with E-state index in [0.717, 1.165) is 22.0 Å². The first-order valence-corrected chi connectivity index (χ1v) is 6.67. The molecule has 0 radical (unpaired) electrons. The van der Waals surface area contributed by atoms with E-state index in [4.69, 9.17) is 22.2 Å². The van der Waals surface area contributed by atoms with Crippen LogP contribution in [-0.2, 0) is 6.54 Å². The molecular weight excluding hydrogens is 307 g/mol. The number of ether oxygens (including phenoxy) is 1. The molecule has 0 atom stereocenters. The van der Waals surface area contributed by atoms with Gasteiger partial charge in [-0.2, -0.15) is 0 Å². The molecule has 0 fully saturated rings. The minimum absolute atomic E-state index is 0. The van der Waals surface area contributed by atoms with Crippen LogP contribution in [0.4, 0.5) is 5.69 Å². The van der Waals surface area contributed by atoms with E-state index in [9.17, 15) is 0 Å². The van der Waals surface area contributed by atoms with Crippen LogP contribution in [0, 0.1) is 0 Å². The Morgan fingerprint density at radius 3 is 2.29 bits per heavy atom. The van der Waals surface area contributed by atoms with Crippen molar-refractivity contribution < 1.29 is 4.74 Å². The van der Waals surface area contributed by atoms with Crippen LogP contribution in [0.15, 0.2) is 61.2 Å². The normalized spacial score (nSPS) is 9.62. The third-order valence-electron chi connectivity index (χ3n) is 2.80. The zero-order chi connectivity index (χ0) is 14.4. The molecule has 21 heavy (non-hydrogen) atoms. The van der Waals surface area contributed by atoms with Crippen molar-refractivity contribution in [2.45, 2.75) is 6.54 Å². The molecule has 0 aliphatic carbocycles. The second-order valence-corrected chi connectivity index (χ2v) is 4.78. The van der Waals surface area contributed by atoms with Crippen molar-refractivity contribution in [3.05, 3.63) is 71.8 Å². The van der Waals surface area contributed by atoms with Gasteiger partial charge in [-0.1, -0.05) is 36.4 Å². The van der Waals surface area contributed by atoms with E-state index in [0.29, 0.717) is 13.2 Å². The van der Waals surface area contributed by atoms with Gasteiger partial charge >= 0.3 is 0 Å². The van der Waals surface area contributed by atoms with E-state index in [2.05, 4.69) is 6.58 Å². The first-order chi connectivity index (χ1) is 9.69. The lowest BCUT2D eigenvalue weighted by Gasteiger charge is -2.19. The minimum atomic E-state index is 0. The molecule has 0 saturated carbocycles. The molecular formula is C16H18Cl2N2O. The number of halogens is 2. The maximum Gasteiger partial charge on any atom is 0.119 e. The van der Waals surface area contributed by atoms with Gasteiger partial charge in [-0.15, -0.1) is 12.4 Å². The Bertz CT molecular complexity index is 555. The molecule has 0 spiro atoms. The first-order valence-electron chi connectivity index (χ1n) is 6.29. The van der Waals surface area contributed by atoms with E-state index in [-0.39, 0.29) is 12.4 Å². The summed E-state index contributed by atoms with van der Waals surface area (Å²) in [6.07, 6.45) is 1.71. The molecule has 112 valence electrons. The molecule has 0 amide bonds. The highest BCUT2D eigenvalue weighted by molar-refractivity contribution is 6.30. The fourth-order valence-electron chi connectivity index (χ4n) is 1.77. The van der Waals surface area contributed by atoms with Gasteiger partial charge in [-0.25, -0.2) is 5.84 Å². The van der Waals surface area contributed by atoms with Crippen LogP contribution in [0.25, 0.3) is 0 Å². The van der Waals surface area contributed by atoms with E-state index >= 15 is 0 Å². The second-order valence-electron chi connectivity index (χ2n) is 4.35. The molecule has 2 rings (SSSR count). The van der Waals surface area contributed by atoms with Crippen molar-refractivity contribution in [2.24, 2.45) is 5.84 Å². The molecule has 0 aliphatic rings. The summed E-state index contributed by atoms with van der Waals surface area (Å²) >= 11 is 5.86. The maximum atomic E-state index is 6.06. The van der Waals surface area contributed by atoms with E-state index < -0.39 is 0 Å². The SMILES string of the molecule is C=CCOc1ccc(N(N)Cc2ccc(Cl)cc2)cc1.Cl. The molecule has 2 aromatic carbocycles. The van der Waals surface area contributed by atoms with Gasteiger partial charge < -0.3 is 9.75 Å². The van der Waals surface area contributed by atoms with Crippen LogP contribution in [0.3, 0.4) is 0 Å². The summed E-state index contributed by atoms with van der Waals surface area (Å²) in [7, 11) is 0. The minimum Gasteiger partial charge on any atom is -0.490 e. The highest BCUT2D eigenvalue weighted by Crippen LogP contribution is 2.19. The largest absolute Gasteiger partial charge is 0.490 e. The molecule has 2 N–H and O–H groups in total. The lowest BCUT2D eigenvalue weighted by Crippen LogP contribution is -2.29. The summed E-state index contributed by atoms with van der Waals surface area (Å²) in [5, 5.41) is 2.40. The van der Waals surface area contributed by atoms with Gasteiger partial charge in [0.2, 0.25) is 0 Å². The molecule has 0 unspecified atom stereocenters. The predicted molar refractivity (Wildman–Crippen MR) is 91.2 cm³/mol. The molecule has 0 heterocycles. The van der Waals surface area contributed by atoms with Crippen LogP contribution < -0.4 is 15.6 Å². The van der Waals surface area contributed by atoms with Gasteiger partial charge in [0.1, 0.15) is 12.4 Å². The van der Waals surface area contributed by atoms with Crippen molar-refractivity contribution in [3.8, 4) is 5.75 Å². The summed E-state index contributed by atoms with van der Waals surface area (Å²) in [4.78, 5) is 0. The standard InChI is InChI=1S/C16H17ClN2O.ClH/c1-2-11-20-16-9-7-15(8-10-16)19(18)12-13-3-5-14(17)6-4-13;/h2-10H,1,11-12,18H2;1H. The number of hydrazine groups is 1. The Balaban J connectivity index is 0.00000220. The smallest absolute Gasteiger partial charge is 0.119 e. The highest BCUT2D eigenvalue weighted by atomic mass is 35.5. The number of anilines is 1. The lowest BCUT2D eigenvalue weighted by molar-refractivity contribution is 0.363. The van der Waals surface area contributed by atoms with Crippen molar-refractivity contribution >= 4 is 29.7 Å². The summed E-state index contributed by atoms with van der Waals surface area (Å²) in [6.45, 7) is 4.72. The fourth-order valence-corrected chi connectivity index (χ4v) is 1.89. The van der Waals surface area contributed by atoms with Crippen molar-refractivity contribution in [1.82, 2.24) is 0 Å². The quantitative estimate of drug-likeness (QED) is 0.491. The van der Waals surface area contributed by atoms with Crippen LogP contribution in [0.2, 0.25) is 5.02 Å². The number of rotatable bonds is 6. The predicted octanol–water partition coefficient (Wildman–Crippen LogP) is 4.21. The summed E-state index contributed by atoms with van der Waals surface area (Å²) < 4.78 is 5.43.